The van der Waals surface area contributed by atoms with Crippen molar-refractivity contribution in [1.82, 2.24) is 5.32 Å². The molecule has 1 aromatic carbocycles. The van der Waals surface area contributed by atoms with Gasteiger partial charge in [-0.1, -0.05) is 25.1 Å². The van der Waals surface area contributed by atoms with Gasteiger partial charge in [-0.05, 0) is 56.7 Å². The van der Waals surface area contributed by atoms with Crippen LogP contribution >= 0.6 is 0 Å². The summed E-state index contributed by atoms with van der Waals surface area (Å²) < 4.78 is 11.3. The Kier molecular flexibility index (Phi) is 7.04. The number of fused-ring (bicyclic) bond motifs is 1. The average molecular weight is 291 g/mol. The lowest BCUT2D eigenvalue weighted by Gasteiger charge is -2.29. The molecule has 2 atom stereocenters. The van der Waals surface area contributed by atoms with E-state index in [9.17, 15) is 0 Å². The molecular formula is C18H29NO2. The molecule has 0 bridgehead atoms. The Morgan fingerprint density at radius 1 is 1.33 bits per heavy atom. The zero-order valence-electron chi connectivity index (χ0n) is 13.4. The summed E-state index contributed by atoms with van der Waals surface area (Å²) in [4.78, 5) is 0. The normalized spacial score (nSPS) is 18.9. The summed E-state index contributed by atoms with van der Waals surface area (Å²) in [5, 5.41) is 3.69. The van der Waals surface area contributed by atoms with Gasteiger partial charge >= 0.3 is 0 Å². The highest BCUT2D eigenvalue weighted by Gasteiger charge is 2.24. The lowest BCUT2D eigenvalue weighted by Crippen LogP contribution is -2.33. The number of rotatable bonds is 9. The van der Waals surface area contributed by atoms with Crippen molar-refractivity contribution in [3.63, 3.8) is 0 Å². The number of hydrogen-bond acceptors (Lipinski definition) is 3. The lowest BCUT2D eigenvalue weighted by molar-refractivity contribution is 0.133. The van der Waals surface area contributed by atoms with Crippen molar-refractivity contribution < 1.29 is 9.47 Å². The average Bonchev–Trinajstić information content (AvgIpc) is 2.53. The number of hydrogen-bond donors (Lipinski definition) is 1. The van der Waals surface area contributed by atoms with Crippen LogP contribution in [0.25, 0.3) is 0 Å². The van der Waals surface area contributed by atoms with E-state index in [1.165, 1.54) is 18.4 Å². The SMILES string of the molecule is CCCNC(CCOCC)CC1CCOc2ccccc21. The van der Waals surface area contributed by atoms with Gasteiger partial charge in [-0.15, -0.1) is 0 Å². The standard InChI is InChI=1S/C18H29NO2/c1-3-11-19-16(10-12-20-4-2)14-15-9-13-21-18-8-6-5-7-17(15)18/h5-8,15-16,19H,3-4,9-14H2,1-2H3. The van der Waals surface area contributed by atoms with Crippen LogP contribution < -0.4 is 10.1 Å². The molecule has 1 aliphatic heterocycles. The summed E-state index contributed by atoms with van der Waals surface area (Å²) in [7, 11) is 0. The Hall–Kier alpha value is -1.06. The minimum Gasteiger partial charge on any atom is -0.493 e. The third-order valence-electron chi connectivity index (χ3n) is 4.15. The predicted octanol–water partition coefficient (Wildman–Crippen LogP) is 3.74. The predicted molar refractivity (Wildman–Crippen MR) is 87.1 cm³/mol. The van der Waals surface area contributed by atoms with Crippen LogP contribution in [0.3, 0.4) is 0 Å². The molecule has 3 heteroatoms. The Labute approximate surface area is 129 Å². The monoisotopic (exact) mass is 291 g/mol. The van der Waals surface area contributed by atoms with E-state index in [0.29, 0.717) is 12.0 Å². The van der Waals surface area contributed by atoms with Gasteiger partial charge in [0.25, 0.3) is 0 Å². The zero-order valence-corrected chi connectivity index (χ0v) is 13.4. The van der Waals surface area contributed by atoms with Crippen LogP contribution in [0.5, 0.6) is 5.75 Å². The highest BCUT2D eigenvalue weighted by atomic mass is 16.5. The van der Waals surface area contributed by atoms with Gasteiger partial charge in [-0.3, -0.25) is 0 Å². The summed E-state index contributed by atoms with van der Waals surface area (Å²) in [5.41, 5.74) is 1.38. The molecule has 1 N–H and O–H groups in total. The highest BCUT2D eigenvalue weighted by Crippen LogP contribution is 2.36. The summed E-state index contributed by atoms with van der Waals surface area (Å²) in [6.45, 7) is 7.86. The first-order chi connectivity index (χ1) is 10.3. The third kappa shape index (κ3) is 5.01. The first-order valence-electron chi connectivity index (χ1n) is 8.38. The molecule has 0 saturated carbocycles. The van der Waals surface area contributed by atoms with E-state index in [-0.39, 0.29) is 0 Å². The molecule has 1 heterocycles. The molecule has 1 aromatic rings. The van der Waals surface area contributed by atoms with Crippen LogP contribution in [-0.4, -0.2) is 32.4 Å². The molecule has 0 aliphatic carbocycles. The molecule has 0 fully saturated rings. The van der Waals surface area contributed by atoms with Gasteiger partial charge < -0.3 is 14.8 Å². The smallest absolute Gasteiger partial charge is 0.122 e. The van der Waals surface area contributed by atoms with Crippen LogP contribution in [0.1, 0.15) is 51.0 Å². The second-order valence-corrected chi connectivity index (χ2v) is 5.74. The summed E-state index contributed by atoms with van der Waals surface area (Å²) >= 11 is 0. The highest BCUT2D eigenvalue weighted by molar-refractivity contribution is 5.37. The quantitative estimate of drug-likeness (QED) is 0.703. The van der Waals surface area contributed by atoms with Crippen LogP contribution in [0, 0.1) is 0 Å². The van der Waals surface area contributed by atoms with E-state index in [0.717, 1.165) is 45.0 Å². The molecular weight excluding hydrogens is 262 g/mol. The molecule has 118 valence electrons. The van der Waals surface area contributed by atoms with Crippen molar-refractivity contribution in [2.75, 3.05) is 26.4 Å². The van der Waals surface area contributed by atoms with Gasteiger partial charge in [0.2, 0.25) is 0 Å². The Bertz CT molecular complexity index is 408. The van der Waals surface area contributed by atoms with Crippen molar-refractivity contribution in [2.24, 2.45) is 0 Å². The minimum atomic E-state index is 0.535. The minimum absolute atomic E-state index is 0.535. The maximum absolute atomic E-state index is 5.77. The second kappa shape index (κ2) is 9.06. The Morgan fingerprint density at radius 2 is 2.19 bits per heavy atom. The van der Waals surface area contributed by atoms with E-state index >= 15 is 0 Å². The fraction of sp³-hybridized carbons (Fsp3) is 0.667. The molecule has 2 unspecified atom stereocenters. The van der Waals surface area contributed by atoms with Gasteiger partial charge in [-0.25, -0.2) is 0 Å². The second-order valence-electron chi connectivity index (χ2n) is 5.74. The fourth-order valence-electron chi connectivity index (χ4n) is 3.03. The molecule has 2 rings (SSSR count). The first-order valence-corrected chi connectivity index (χ1v) is 8.38. The van der Waals surface area contributed by atoms with Crippen LogP contribution in [0.2, 0.25) is 0 Å². The van der Waals surface area contributed by atoms with Crippen LogP contribution in [0.4, 0.5) is 0 Å². The number of para-hydroxylation sites is 1. The number of ether oxygens (including phenoxy) is 2. The van der Waals surface area contributed by atoms with Crippen molar-refractivity contribution in [3.8, 4) is 5.75 Å². The van der Waals surface area contributed by atoms with Gasteiger partial charge in [0.05, 0.1) is 6.61 Å². The summed E-state index contributed by atoms with van der Waals surface area (Å²) in [5.74, 6) is 1.68. The van der Waals surface area contributed by atoms with E-state index in [4.69, 9.17) is 9.47 Å². The van der Waals surface area contributed by atoms with Crippen molar-refractivity contribution >= 4 is 0 Å². The zero-order chi connectivity index (χ0) is 14.9. The van der Waals surface area contributed by atoms with E-state index in [2.05, 4.69) is 43.4 Å². The molecule has 0 radical (unpaired) electrons. The summed E-state index contributed by atoms with van der Waals surface area (Å²) in [6, 6.07) is 9.03. The van der Waals surface area contributed by atoms with E-state index in [1.807, 2.05) is 0 Å². The number of benzene rings is 1. The lowest BCUT2D eigenvalue weighted by atomic mass is 9.86. The summed E-state index contributed by atoms with van der Waals surface area (Å²) in [6.07, 6.45) is 4.56. The third-order valence-corrected chi connectivity index (χ3v) is 4.15. The Balaban J connectivity index is 1.95. The van der Waals surface area contributed by atoms with Crippen LogP contribution in [0.15, 0.2) is 24.3 Å². The van der Waals surface area contributed by atoms with Gasteiger partial charge in [0, 0.05) is 19.3 Å². The van der Waals surface area contributed by atoms with E-state index in [1.54, 1.807) is 0 Å². The Morgan fingerprint density at radius 3 is 3.00 bits per heavy atom. The number of nitrogens with one attached hydrogen (secondary N) is 1. The molecule has 0 amide bonds. The van der Waals surface area contributed by atoms with Crippen molar-refractivity contribution in [2.45, 2.75) is 51.5 Å². The fourth-order valence-corrected chi connectivity index (χ4v) is 3.03. The van der Waals surface area contributed by atoms with Crippen molar-refractivity contribution in [3.05, 3.63) is 29.8 Å². The molecule has 0 aromatic heterocycles. The largest absolute Gasteiger partial charge is 0.493 e. The molecule has 0 spiro atoms. The van der Waals surface area contributed by atoms with Gasteiger partial charge in [0.15, 0.2) is 0 Å². The van der Waals surface area contributed by atoms with Gasteiger partial charge in [-0.2, -0.15) is 0 Å². The molecule has 21 heavy (non-hydrogen) atoms. The maximum atomic E-state index is 5.77. The van der Waals surface area contributed by atoms with Gasteiger partial charge in [0.1, 0.15) is 5.75 Å². The maximum Gasteiger partial charge on any atom is 0.122 e. The van der Waals surface area contributed by atoms with E-state index < -0.39 is 0 Å². The topological polar surface area (TPSA) is 30.5 Å². The molecule has 3 nitrogen and oxygen atoms in total. The van der Waals surface area contributed by atoms with Crippen molar-refractivity contribution in [1.29, 1.82) is 0 Å². The first kappa shape index (κ1) is 16.3. The molecule has 1 aliphatic rings. The van der Waals surface area contributed by atoms with Crippen LogP contribution in [-0.2, 0) is 4.74 Å². The molecule has 0 saturated heterocycles.